The molecule has 0 spiro atoms. The van der Waals surface area contributed by atoms with Gasteiger partial charge in [-0.15, -0.1) is 0 Å². The van der Waals surface area contributed by atoms with E-state index >= 15 is 0 Å². The van der Waals surface area contributed by atoms with Gasteiger partial charge < -0.3 is 9.88 Å². The molecular formula is C6H9N5. The minimum absolute atomic E-state index is 0.300. The van der Waals surface area contributed by atoms with E-state index in [1.807, 2.05) is 11.9 Å². The molecule has 1 atom stereocenters. The molecule has 1 aromatic rings. The Bertz CT molecular complexity index is 289. The molecule has 0 aromatic carbocycles. The number of anilines is 1. The van der Waals surface area contributed by atoms with Crippen molar-refractivity contribution in [3.05, 3.63) is 12.0 Å². The van der Waals surface area contributed by atoms with Gasteiger partial charge in [0.15, 0.2) is 12.1 Å². The first-order valence-electron chi connectivity index (χ1n) is 3.34. The second-order valence-corrected chi connectivity index (χ2v) is 2.44. The van der Waals surface area contributed by atoms with Crippen LogP contribution >= 0.6 is 0 Å². The number of hydrogen-bond donors (Lipinski definition) is 2. The lowest BCUT2D eigenvalue weighted by Gasteiger charge is -2.24. The molecule has 1 aromatic heterocycles. The third-order valence-corrected chi connectivity index (χ3v) is 1.74. The molecular weight excluding hydrogens is 142 g/mol. The molecule has 1 unspecified atom stereocenters. The lowest BCUT2D eigenvalue weighted by atomic mass is 10.4. The lowest BCUT2D eigenvalue weighted by Crippen LogP contribution is -2.40. The van der Waals surface area contributed by atoms with E-state index in [4.69, 9.17) is 5.73 Å². The molecule has 0 saturated heterocycles. The summed E-state index contributed by atoms with van der Waals surface area (Å²) < 4.78 is 0. The van der Waals surface area contributed by atoms with Gasteiger partial charge in [0.2, 0.25) is 0 Å². The van der Waals surface area contributed by atoms with Crippen LogP contribution in [0.15, 0.2) is 11.3 Å². The number of imidazole rings is 1. The van der Waals surface area contributed by atoms with Crippen molar-refractivity contribution in [3.8, 4) is 0 Å². The average molecular weight is 151 g/mol. The maximum Gasteiger partial charge on any atom is 0.174 e. The minimum Gasteiger partial charge on any atom is -0.342 e. The first-order chi connectivity index (χ1) is 5.29. The molecule has 1 aliphatic heterocycles. The minimum atomic E-state index is -0.300. The number of rotatable bonds is 0. The first kappa shape index (κ1) is 6.36. The summed E-state index contributed by atoms with van der Waals surface area (Å²) in [6.45, 7) is 0. The largest absolute Gasteiger partial charge is 0.342 e. The molecule has 1 aliphatic rings. The molecule has 2 heterocycles. The van der Waals surface area contributed by atoms with E-state index in [0.29, 0.717) is 0 Å². The standard InChI is InChI=1S/C6H9N5/c1-11-5-4(9-3-10-5)2-8-6(11)7/h2-3,6H,7H2,1H3,(H,9,10). The second kappa shape index (κ2) is 2.06. The van der Waals surface area contributed by atoms with E-state index in [2.05, 4.69) is 15.0 Å². The Labute approximate surface area is 63.9 Å². The van der Waals surface area contributed by atoms with E-state index in [-0.39, 0.29) is 6.29 Å². The molecule has 3 N–H and O–H groups in total. The van der Waals surface area contributed by atoms with Crippen LogP contribution in [0.4, 0.5) is 5.82 Å². The molecule has 11 heavy (non-hydrogen) atoms. The van der Waals surface area contributed by atoms with Gasteiger partial charge in [-0.25, -0.2) is 4.98 Å². The van der Waals surface area contributed by atoms with Crippen LogP contribution in [0.1, 0.15) is 5.69 Å². The van der Waals surface area contributed by atoms with Gasteiger partial charge in [0.05, 0.1) is 12.5 Å². The van der Waals surface area contributed by atoms with Crippen LogP contribution in [0.25, 0.3) is 0 Å². The van der Waals surface area contributed by atoms with Crippen molar-refractivity contribution in [2.45, 2.75) is 6.29 Å². The van der Waals surface area contributed by atoms with Crippen LogP contribution in [0, 0.1) is 0 Å². The molecule has 0 amide bonds. The zero-order valence-corrected chi connectivity index (χ0v) is 6.15. The van der Waals surface area contributed by atoms with Crippen LogP contribution in [0.3, 0.4) is 0 Å². The molecule has 0 saturated carbocycles. The SMILES string of the molecule is CN1c2nc[nH]c2C=NC1N. The molecule has 0 radical (unpaired) electrons. The van der Waals surface area contributed by atoms with Crippen LogP contribution in [-0.2, 0) is 0 Å². The summed E-state index contributed by atoms with van der Waals surface area (Å²) in [5.41, 5.74) is 6.54. The third kappa shape index (κ3) is 0.813. The van der Waals surface area contributed by atoms with Gasteiger partial charge >= 0.3 is 0 Å². The highest BCUT2D eigenvalue weighted by Gasteiger charge is 2.18. The maximum absolute atomic E-state index is 5.63. The molecule has 2 rings (SSSR count). The fourth-order valence-electron chi connectivity index (χ4n) is 1.05. The van der Waals surface area contributed by atoms with Crippen molar-refractivity contribution in [1.82, 2.24) is 9.97 Å². The summed E-state index contributed by atoms with van der Waals surface area (Å²) in [5, 5.41) is 0. The van der Waals surface area contributed by atoms with Gasteiger partial charge in [0.25, 0.3) is 0 Å². The zero-order valence-electron chi connectivity index (χ0n) is 6.15. The van der Waals surface area contributed by atoms with E-state index in [1.54, 1.807) is 12.5 Å². The van der Waals surface area contributed by atoms with Crippen molar-refractivity contribution < 1.29 is 0 Å². The van der Waals surface area contributed by atoms with E-state index in [1.165, 1.54) is 0 Å². The number of nitrogens with one attached hydrogen (secondary N) is 1. The Kier molecular flexibility index (Phi) is 1.19. The molecule has 0 aliphatic carbocycles. The number of nitrogens with two attached hydrogens (primary N) is 1. The van der Waals surface area contributed by atoms with E-state index < -0.39 is 0 Å². The molecule has 5 heteroatoms. The van der Waals surface area contributed by atoms with Crippen molar-refractivity contribution in [1.29, 1.82) is 0 Å². The number of H-pyrrole nitrogens is 1. The van der Waals surface area contributed by atoms with Crippen LogP contribution < -0.4 is 10.6 Å². The number of aromatic amines is 1. The fraction of sp³-hybridized carbons (Fsp3) is 0.333. The maximum atomic E-state index is 5.63. The fourth-order valence-corrected chi connectivity index (χ4v) is 1.05. The first-order valence-corrected chi connectivity index (χ1v) is 3.34. The van der Waals surface area contributed by atoms with Gasteiger partial charge in [-0.2, -0.15) is 0 Å². The smallest absolute Gasteiger partial charge is 0.174 e. The van der Waals surface area contributed by atoms with Gasteiger partial charge in [-0.1, -0.05) is 0 Å². The van der Waals surface area contributed by atoms with Crippen LogP contribution in [0.5, 0.6) is 0 Å². The lowest BCUT2D eigenvalue weighted by molar-refractivity contribution is 0.679. The van der Waals surface area contributed by atoms with Gasteiger partial charge in [-0.05, 0) is 0 Å². The molecule has 5 nitrogen and oxygen atoms in total. The van der Waals surface area contributed by atoms with E-state index in [0.717, 1.165) is 11.5 Å². The number of aliphatic imine (C=N–C) groups is 1. The third-order valence-electron chi connectivity index (χ3n) is 1.74. The predicted molar refractivity (Wildman–Crippen MR) is 42.6 cm³/mol. The number of fused-ring (bicyclic) bond motifs is 1. The number of hydrogen-bond acceptors (Lipinski definition) is 4. The monoisotopic (exact) mass is 151 g/mol. The topological polar surface area (TPSA) is 70.3 Å². The highest BCUT2D eigenvalue weighted by molar-refractivity contribution is 5.86. The Balaban J connectivity index is 2.48. The van der Waals surface area contributed by atoms with Crippen molar-refractivity contribution in [2.24, 2.45) is 10.7 Å². The summed E-state index contributed by atoms with van der Waals surface area (Å²) in [5.74, 6) is 0.854. The quantitative estimate of drug-likeness (QED) is 0.526. The highest BCUT2D eigenvalue weighted by Crippen LogP contribution is 2.17. The number of aromatic nitrogens is 2. The second-order valence-electron chi connectivity index (χ2n) is 2.44. The summed E-state index contributed by atoms with van der Waals surface area (Å²) in [6, 6.07) is 0. The van der Waals surface area contributed by atoms with Crippen LogP contribution in [0.2, 0.25) is 0 Å². The van der Waals surface area contributed by atoms with Gasteiger partial charge in [0.1, 0.15) is 5.69 Å². The zero-order chi connectivity index (χ0) is 7.84. The molecule has 58 valence electrons. The Hall–Kier alpha value is -1.36. The summed E-state index contributed by atoms with van der Waals surface area (Å²) in [7, 11) is 1.86. The van der Waals surface area contributed by atoms with Crippen molar-refractivity contribution in [3.63, 3.8) is 0 Å². The Morgan fingerprint density at radius 1 is 1.73 bits per heavy atom. The normalized spacial score (nSPS) is 22.0. The summed E-state index contributed by atoms with van der Waals surface area (Å²) >= 11 is 0. The van der Waals surface area contributed by atoms with Crippen molar-refractivity contribution in [2.75, 3.05) is 11.9 Å². The molecule has 0 bridgehead atoms. The Morgan fingerprint density at radius 3 is 3.36 bits per heavy atom. The van der Waals surface area contributed by atoms with Gasteiger partial charge in [-0.3, -0.25) is 10.7 Å². The summed E-state index contributed by atoms with van der Waals surface area (Å²) in [4.78, 5) is 12.9. The number of nitrogens with zero attached hydrogens (tertiary/aromatic N) is 3. The van der Waals surface area contributed by atoms with Crippen molar-refractivity contribution >= 4 is 12.0 Å². The highest BCUT2D eigenvalue weighted by atomic mass is 15.3. The van der Waals surface area contributed by atoms with Gasteiger partial charge in [0, 0.05) is 7.05 Å². The Morgan fingerprint density at radius 2 is 2.55 bits per heavy atom. The summed E-state index contributed by atoms with van der Waals surface area (Å²) in [6.07, 6.45) is 3.03. The van der Waals surface area contributed by atoms with Crippen LogP contribution in [-0.4, -0.2) is 29.5 Å². The average Bonchev–Trinajstić information content (AvgIpc) is 2.45. The van der Waals surface area contributed by atoms with E-state index in [9.17, 15) is 0 Å². The molecule has 0 fully saturated rings. The predicted octanol–water partition coefficient (Wildman–Crippen LogP) is -0.479.